The molecule has 3 fully saturated rings. The maximum absolute atomic E-state index is 14.6. The summed E-state index contributed by atoms with van der Waals surface area (Å²) in [5.74, 6) is -6.53. The number of non-ortho nitro benzene ring substituents is 1. The van der Waals surface area contributed by atoms with Crippen LogP contribution in [0.2, 0.25) is 0 Å². The van der Waals surface area contributed by atoms with Crippen LogP contribution in [0.4, 0.5) is 5.69 Å². The number of hydrogen-bond acceptors (Lipinski definition) is 23. The number of esters is 6. The summed E-state index contributed by atoms with van der Waals surface area (Å²) < 4.78 is 83.8. The highest BCUT2D eigenvalue weighted by Crippen LogP contribution is 2.43. The zero-order chi connectivity index (χ0) is 68.8. The molecule has 1 amide bonds. The average molecular weight is 1330 g/mol. The van der Waals surface area contributed by atoms with Gasteiger partial charge in [0.05, 0.1) is 34.3 Å². The molecule has 0 spiro atoms. The fourth-order valence-electron chi connectivity index (χ4n) is 11.7. The maximum Gasteiger partial charge on any atom is 0.338 e. The van der Waals surface area contributed by atoms with Crippen molar-refractivity contribution >= 4 is 47.4 Å². The van der Waals surface area contributed by atoms with Crippen LogP contribution in [0.5, 0.6) is 5.75 Å². The average Bonchev–Trinajstić information content (AvgIpc) is 0.768. The predicted molar refractivity (Wildman–Crippen MR) is 339 cm³/mol. The van der Waals surface area contributed by atoms with Gasteiger partial charge in [0.15, 0.2) is 49.2 Å². The van der Waals surface area contributed by atoms with Gasteiger partial charge >= 0.3 is 35.8 Å². The molecule has 0 aromatic heterocycles. The van der Waals surface area contributed by atoms with E-state index in [1.165, 1.54) is 67.6 Å². The molecule has 0 bridgehead atoms. The quantitative estimate of drug-likeness (QED) is 0.0191. The van der Waals surface area contributed by atoms with E-state index in [1.807, 2.05) is 91.0 Å². The standard InChI is InChI=1S/C72H70N2O23/c1-42-59(93-66(80)47-24-12-6-13-25-47)62(94-67(81)48-26-14-7-15-27-48)64(95-68(82)49-28-16-8-17-29-49)70(87-42)97-65-63(89-46(5)78)60(88-45(4)77)56(40-85-44(3)76)92-71(65)96-61-57(73-43(2)75)69(90-54-38-36-53(37-39-54)74(83)84)91-55(58(61)79)41-86-72(50-30-18-9-19-31-50,51-32-20-10-21-33-51)52-34-22-11-23-35-52/h6-39,42,55-65,69-71,79H,40-41H2,1-5H3,(H,73,75)/t42-,55+,56+,57+,58+,59+,60-,61+,62+,63-,64-,65+,69+,70-,71?/m0/s1. The van der Waals surface area contributed by atoms with E-state index >= 15 is 0 Å². The van der Waals surface area contributed by atoms with Gasteiger partial charge in [-0.2, -0.15) is 0 Å². The number of aliphatic hydroxyl groups is 1. The molecule has 7 aromatic rings. The molecule has 3 aliphatic rings. The number of hydrogen-bond donors (Lipinski definition) is 2. The van der Waals surface area contributed by atoms with Crippen molar-refractivity contribution in [3.8, 4) is 5.75 Å². The number of nitrogens with one attached hydrogen (secondary N) is 1. The van der Waals surface area contributed by atoms with Gasteiger partial charge in [-0.3, -0.25) is 29.3 Å². The lowest BCUT2D eigenvalue weighted by Crippen LogP contribution is -2.70. The number of carbonyl (C=O) groups excluding carboxylic acids is 7. The number of benzene rings is 7. The van der Waals surface area contributed by atoms with E-state index in [-0.39, 0.29) is 28.1 Å². The molecule has 0 aliphatic carbocycles. The van der Waals surface area contributed by atoms with Crippen molar-refractivity contribution in [1.82, 2.24) is 5.32 Å². The smallest absolute Gasteiger partial charge is 0.338 e. The lowest BCUT2D eigenvalue weighted by Gasteiger charge is -2.50. The highest BCUT2D eigenvalue weighted by molar-refractivity contribution is 5.91. The molecule has 15 atom stereocenters. The van der Waals surface area contributed by atoms with E-state index in [0.29, 0.717) is 16.7 Å². The van der Waals surface area contributed by atoms with Gasteiger partial charge in [0.25, 0.3) is 5.69 Å². The molecule has 3 heterocycles. The molecule has 3 aliphatic heterocycles. The largest absolute Gasteiger partial charge is 0.463 e. The van der Waals surface area contributed by atoms with Gasteiger partial charge in [-0.05, 0) is 72.1 Å². The van der Waals surface area contributed by atoms with Crippen LogP contribution in [0.3, 0.4) is 0 Å². The topological polar surface area (TPSA) is 315 Å². The fourth-order valence-corrected chi connectivity index (χ4v) is 11.7. The highest BCUT2D eigenvalue weighted by atomic mass is 16.8. The minimum Gasteiger partial charge on any atom is -0.463 e. The normalized spacial score (nSPS) is 25.4. The maximum atomic E-state index is 14.6. The number of rotatable bonds is 24. The van der Waals surface area contributed by atoms with Gasteiger partial charge in [0, 0.05) is 39.8 Å². The number of nitro benzene ring substituents is 1. The number of carbonyl (C=O) groups is 7. The fraction of sp³-hybridized carbons (Fsp3) is 0.319. The van der Waals surface area contributed by atoms with Crippen molar-refractivity contribution in [1.29, 1.82) is 0 Å². The summed E-state index contributed by atoms with van der Waals surface area (Å²) in [4.78, 5) is 108. The molecular weight excluding hydrogens is 1260 g/mol. The molecule has 0 radical (unpaired) electrons. The van der Waals surface area contributed by atoms with Gasteiger partial charge in [0.1, 0.15) is 48.4 Å². The third-order valence-corrected chi connectivity index (χ3v) is 16.1. The molecule has 25 heteroatoms. The Morgan fingerprint density at radius 1 is 0.464 bits per heavy atom. The SMILES string of the molecule is CC(=O)N[C@H]1[C@H](Oc2ccc([N+](=O)[O-])cc2)O[C@H](COC(c2ccccc2)(c2ccccc2)c2ccccc2)[C@@H](O)[C@@H]1OC1O[C@H](COC(C)=O)[C@H](OC(C)=O)[C@H](OC(C)=O)[C@H]1O[C@@H]1O[C@@H](C)[C@@H](OC(=O)c2ccccc2)[C@@H](OC(=O)c2ccccc2)[C@@H]1OC(=O)c1ccccc1. The minimum atomic E-state index is -2.12. The zero-order valence-corrected chi connectivity index (χ0v) is 53.1. The van der Waals surface area contributed by atoms with Crippen LogP contribution in [0.25, 0.3) is 0 Å². The third-order valence-electron chi connectivity index (χ3n) is 16.1. The Labute approximate surface area is 556 Å². The first-order valence-corrected chi connectivity index (χ1v) is 31.0. The molecule has 3 saturated heterocycles. The number of nitrogens with zero attached hydrogens (tertiary/aromatic N) is 1. The van der Waals surface area contributed by atoms with E-state index in [9.17, 15) is 48.8 Å². The Balaban J connectivity index is 1.12. The van der Waals surface area contributed by atoms with E-state index in [1.54, 1.807) is 54.6 Å². The van der Waals surface area contributed by atoms with E-state index < -0.39 is 158 Å². The second-order valence-corrected chi connectivity index (χ2v) is 22.8. The van der Waals surface area contributed by atoms with Crippen LogP contribution in [-0.4, -0.2) is 157 Å². The summed E-state index contributed by atoms with van der Waals surface area (Å²) in [5.41, 5.74) is 0.274. The Morgan fingerprint density at radius 2 is 0.876 bits per heavy atom. The second kappa shape index (κ2) is 32.0. The molecule has 25 nitrogen and oxygen atoms in total. The van der Waals surface area contributed by atoms with Gasteiger partial charge in [0.2, 0.25) is 12.2 Å². The monoisotopic (exact) mass is 1330 g/mol. The van der Waals surface area contributed by atoms with Crippen molar-refractivity contribution in [2.24, 2.45) is 0 Å². The third kappa shape index (κ3) is 16.9. The van der Waals surface area contributed by atoms with Crippen LogP contribution in [-0.2, 0) is 81.6 Å². The molecule has 7 aromatic carbocycles. The predicted octanol–water partition coefficient (Wildman–Crippen LogP) is 7.92. The van der Waals surface area contributed by atoms with Gasteiger partial charge in [-0.25, -0.2) is 14.4 Å². The second-order valence-electron chi connectivity index (χ2n) is 22.8. The van der Waals surface area contributed by atoms with Crippen molar-refractivity contribution in [2.45, 2.75) is 132 Å². The summed E-state index contributed by atoms with van der Waals surface area (Å²) in [6.45, 7) is 4.48. The van der Waals surface area contributed by atoms with Crippen LogP contribution >= 0.6 is 0 Å². The molecule has 10 rings (SSSR count). The lowest BCUT2D eigenvalue weighted by atomic mass is 9.80. The number of ether oxygens (including phenoxy) is 13. The summed E-state index contributed by atoms with van der Waals surface area (Å²) in [6, 6.07) is 54.1. The van der Waals surface area contributed by atoms with Crippen molar-refractivity contribution in [2.75, 3.05) is 13.2 Å². The van der Waals surface area contributed by atoms with E-state index in [2.05, 4.69) is 5.32 Å². The molecule has 1 unspecified atom stereocenters. The summed E-state index contributed by atoms with van der Waals surface area (Å²) >= 11 is 0. The summed E-state index contributed by atoms with van der Waals surface area (Å²) in [6.07, 6.45) is -25.5. The first kappa shape index (κ1) is 69.6. The van der Waals surface area contributed by atoms with Crippen molar-refractivity contribution in [3.63, 3.8) is 0 Å². The zero-order valence-electron chi connectivity index (χ0n) is 53.1. The van der Waals surface area contributed by atoms with Crippen LogP contribution in [0, 0.1) is 10.1 Å². The van der Waals surface area contributed by atoms with Gasteiger partial charge < -0.3 is 72.0 Å². The number of aliphatic hydroxyl groups excluding tert-OH is 1. The van der Waals surface area contributed by atoms with Crippen LogP contribution in [0.15, 0.2) is 206 Å². The molecular formula is C72H70N2O23. The highest BCUT2D eigenvalue weighted by Gasteiger charge is 2.60. The first-order valence-electron chi connectivity index (χ1n) is 31.0. The van der Waals surface area contributed by atoms with Gasteiger partial charge in [-0.15, -0.1) is 0 Å². The van der Waals surface area contributed by atoms with Crippen LogP contribution in [0.1, 0.15) is 82.4 Å². The van der Waals surface area contributed by atoms with E-state index in [0.717, 1.165) is 27.7 Å². The Morgan fingerprint density at radius 3 is 1.33 bits per heavy atom. The Hall–Kier alpha value is -10.3. The van der Waals surface area contributed by atoms with Gasteiger partial charge in [-0.1, -0.05) is 146 Å². The van der Waals surface area contributed by atoms with Crippen molar-refractivity contribution in [3.05, 3.63) is 250 Å². The van der Waals surface area contributed by atoms with Crippen molar-refractivity contribution < 1.29 is 105 Å². The van der Waals surface area contributed by atoms with E-state index in [4.69, 9.17) is 61.6 Å². The summed E-state index contributed by atoms with van der Waals surface area (Å²) in [5, 5.41) is 27.9. The summed E-state index contributed by atoms with van der Waals surface area (Å²) in [7, 11) is 0. The molecule has 97 heavy (non-hydrogen) atoms. The lowest BCUT2D eigenvalue weighted by molar-refractivity contribution is -0.384. The molecule has 2 N–H and O–H groups in total. The first-order chi connectivity index (χ1) is 46.8. The van der Waals surface area contributed by atoms with Crippen LogP contribution < -0.4 is 10.1 Å². The Bertz CT molecular complexity index is 3720. The molecule has 506 valence electrons. The minimum absolute atomic E-state index is 0.0155. The Kier molecular flexibility index (Phi) is 22.9. The number of amides is 1. The number of nitro groups is 1. The molecule has 0 saturated carbocycles.